The molecule has 2 rings (SSSR count). The number of rotatable bonds is 5. The van der Waals surface area contributed by atoms with E-state index in [9.17, 15) is 4.57 Å². The molecule has 2 aromatic rings. The predicted molar refractivity (Wildman–Crippen MR) is 79.5 cm³/mol. The molecule has 0 atom stereocenters. The van der Waals surface area contributed by atoms with Gasteiger partial charge in [0.05, 0.1) is 6.61 Å². The van der Waals surface area contributed by atoms with E-state index in [1.165, 1.54) is 0 Å². The monoisotopic (exact) mass is 275 g/mol. The minimum absolute atomic E-state index is 0.0137. The van der Waals surface area contributed by atoms with Crippen LogP contribution in [0.2, 0.25) is 0 Å². The molecule has 0 fully saturated rings. The van der Waals surface area contributed by atoms with Crippen molar-refractivity contribution in [3.63, 3.8) is 0 Å². The summed E-state index contributed by atoms with van der Waals surface area (Å²) in [6.45, 7) is 0.362. The minimum Gasteiger partial charge on any atom is -0.395 e. The van der Waals surface area contributed by atoms with Gasteiger partial charge in [0.1, 0.15) is 0 Å². The molecule has 0 bridgehead atoms. The highest BCUT2D eigenvalue weighted by Crippen LogP contribution is 2.45. The summed E-state index contributed by atoms with van der Waals surface area (Å²) in [5, 5.41) is 10.7. The Morgan fingerprint density at radius 3 is 1.74 bits per heavy atom. The van der Waals surface area contributed by atoms with Crippen LogP contribution in [-0.2, 0) is 4.57 Å². The topological polar surface area (TPSA) is 40.5 Å². The van der Waals surface area contributed by atoms with Crippen LogP contribution in [-0.4, -0.2) is 30.0 Å². The molecule has 0 heterocycles. The van der Waals surface area contributed by atoms with Crippen LogP contribution in [0, 0.1) is 0 Å². The summed E-state index contributed by atoms with van der Waals surface area (Å²) in [4.78, 5) is 0. The molecular weight excluding hydrogens is 257 g/mol. The van der Waals surface area contributed by atoms with Crippen LogP contribution in [0.4, 0.5) is 0 Å². The lowest BCUT2D eigenvalue weighted by Crippen LogP contribution is -2.31. The van der Waals surface area contributed by atoms with Gasteiger partial charge in [-0.25, -0.2) is 4.67 Å². The summed E-state index contributed by atoms with van der Waals surface area (Å²) in [5.74, 6) is 0. The molecule has 1 N–H and O–H groups in total. The van der Waals surface area contributed by atoms with Crippen LogP contribution in [0.15, 0.2) is 60.7 Å². The third-order valence-corrected chi connectivity index (χ3v) is 6.27. The van der Waals surface area contributed by atoms with Crippen molar-refractivity contribution in [1.29, 1.82) is 0 Å². The quantitative estimate of drug-likeness (QED) is 0.846. The first kappa shape index (κ1) is 14.0. The van der Waals surface area contributed by atoms with E-state index >= 15 is 0 Å². The van der Waals surface area contributed by atoms with Crippen molar-refractivity contribution < 1.29 is 9.67 Å². The second kappa shape index (κ2) is 6.16. The van der Waals surface area contributed by atoms with Crippen molar-refractivity contribution in [3.8, 4) is 0 Å². The van der Waals surface area contributed by atoms with Crippen LogP contribution in [0.3, 0.4) is 0 Å². The highest BCUT2D eigenvalue weighted by Gasteiger charge is 2.31. The summed E-state index contributed by atoms with van der Waals surface area (Å²) in [6, 6.07) is 18.9. The number of benzene rings is 2. The van der Waals surface area contributed by atoms with Gasteiger partial charge in [0.2, 0.25) is 7.29 Å². The van der Waals surface area contributed by atoms with Crippen molar-refractivity contribution in [2.45, 2.75) is 0 Å². The van der Waals surface area contributed by atoms with E-state index in [2.05, 4.69) is 0 Å². The Balaban J connectivity index is 2.54. The average Bonchev–Trinajstić information content (AvgIpc) is 2.48. The van der Waals surface area contributed by atoms with Gasteiger partial charge in [-0.2, -0.15) is 0 Å². The molecule has 0 aliphatic rings. The highest BCUT2D eigenvalue weighted by molar-refractivity contribution is 7.76. The van der Waals surface area contributed by atoms with Crippen molar-refractivity contribution in [2.24, 2.45) is 0 Å². The molecule has 19 heavy (non-hydrogen) atoms. The summed E-state index contributed by atoms with van der Waals surface area (Å²) >= 11 is 0. The Labute approximate surface area is 113 Å². The molecular formula is C15H18NO2P. The zero-order valence-electron chi connectivity index (χ0n) is 10.9. The van der Waals surface area contributed by atoms with E-state index in [4.69, 9.17) is 5.11 Å². The first-order valence-corrected chi connectivity index (χ1v) is 7.89. The normalized spacial score (nSPS) is 11.7. The average molecular weight is 275 g/mol. The molecule has 4 heteroatoms. The Hall–Kier alpha value is -1.41. The molecule has 0 aliphatic carbocycles. The molecule has 0 aromatic heterocycles. The molecule has 2 aromatic carbocycles. The number of aliphatic hydroxyl groups excluding tert-OH is 1. The molecule has 0 aliphatic heterocycles. The first-order valence-electron chi connectivity index (χ1n) is 6.23. The molecule has 0 radical (unpaired) electrons. The van der Waals surface area contributed by atoms with Crippen LogP contribution in [0.5, 0.6) is 0 Å². The fraction of sp³-hybridized carbons (Fsp3) is 0.200. The molecule has 0 unspecified atom stereocenters. The fourth-order valence-corrected chi connectivity index (χ4v) is 4.70. The highest BCUT2D eigenvalue weighted by atomic mass is 31.2. The Morgan fingerprint density at radius 1 is 0.947 bits per heavy atom. The van der Waals surface area contributed by atoms with Gasteiger partial charge in [0.15, 0.2) is 0 Å². The van der Waals surface area contributed by atoms with Crippen molar-refractivity contribution in [2.75, 3.05) is 20.2 Å². The zero-order chi connectivity index (χ0) is 13.7. The third-order valence-electron chi connectivity index (χ3n) is 3.12. The molecule has 3 nitrogen and oxygen atoms in total. The first-order chi connectivity index (χ1) is 9.19. The lowest BCUT2D eigenvalue weighted by molar-refractivity contribution is 0.267. The summed E-state index contributed by atoms with van der Waals surface area (Å²) < 4.78 is 15.3. The van der Waals surface area contributed by atoms with Gasteiger partial charge in [0, 0.05) is 17.2 Å². The van der Waals surface area contributed by atoms with Gasteiger partial charge >= 0.3 is 0 Å². The molecule has 0 saturated heterocycles. The van der Waals surface area contributed by atoms with Gasteiger partial charge in [-0.05, 0) is 31.3 Å². The van der Waals surface area contributed by atoms with E-state index in [1.807, 2.05) is 60.7 Å². The number of nitrogens with zero attached hydrogens (tertiary/aromatic N) is 1. The Bertz CT molecular complexity index is 513. The molecule has 0 saturated carbocycles. The van der Waals surface area contributed by atoms with E-state index in [-0.39, 0.29) is 6.61 Å². The van der Waals surface area contributed by atoms with Gasteiger partial charge in [-0.15, -0.1) is 0 Å². The third kappa shape index (κ3) is 2.79. The maximum Gasteiger partial charge on any atom is 0.207 e. The van der Waals surface area contributed by atoms with Gasteiger partial charge in [0.25, 0.3) is 0 Å². The second-order valence-electron chi connectivity index (χ2n) is 4.35. The second-order valence-corrected chi connectivity index (χ2v) is 7.22. The van der Waals surface area contributed by atoms with E-state index in [0.29, 0.717) is 6.54 Å². The lowest BCUT2D eigenvalue weighted by Gasteiger charge is -2.28. The number of hydrogen-bond acceptors (Lipinski definition) is 2. The maximum absolute atomic E-state index is 13.5. The standard InChI is InChI=1S/C15H18NO2P/c1-16(12-13-17)19(18,14-8-4-2-5-9-14)15-10-6-3-7-11-15/h2-11,17H,12-13H2,1H3. The van der Waals surface area contributed by atoms with E-state index < -0.39 is 7.29 Å². The fourth-order valence-electron chi connectivity index (χ4n) is 2.09. The van der Waals surface area contributed by atoms with Crippen molar-refractivity contribution >= 4 is 17.9 Å². The summed E-state index contributed by atoms with van der Waals surface area (Å²) in [5.41, 5.74) is 0. The van der Waals surface area contributed by atoms with Gasteiger partial charge < -0.3 is 5.11 Å². The smallest absolute Gasteiger partial charge is 0.207 e. The largest absolute Gasteiger partial charge is 0.395 e. The summed E-state index contributed by atoms with van der Waals surface area (Å²) in [6.07, 6.45) is 0. The zero-order valence-corrected chi connectivity index (χ0v) is 11.8. The maximum atomic E-state index is 13.5. The Morgan fingerprint density at radius 2 is 1.37 bits per heavy atom. The number of hydrogen-bond donors (Lipinski definition) is 1. The lowest BCUT2D eigenvalue weighted by atomic mass is 10.4. The van der Waals surface area contributed by atoms with Crippen LogP contribution in [0.25, 0.3) is 0 Å². The molecule has 0 spiro atoms. The van der Waals surface area contributed by atoms with E-state index in [0.717, 1.165) is 10.6 Å². The van der Waals surface area contributed by atoms with Crippen LogP contribution >= 0.6 is 7.29 Å². The SMILES string of the molecule is CN(CCO)P(=O)(c1ccccc1)c1ccccc1. The van der Waals surface area contributed by atoms with E-state index in [1.54, 1.807) is 11.7 Å². The van der Waals surface area contributed by atoms with Crippen molar-refractivity contribution in [1.82, 2.24) is 4.67 Å². The predicted octanol–water partition coefficient (Wildman–Crippen LogP) is 1.84. The number of aliphatic hydroxyl groups is 1. The number of likely N-dealkylation sites (N-methyl/N-ethyl adjacent to an activating group) is 1. The van der Waals surface area contributed by atoms with Crippen LogP contribution < -0.4 is 10.6 Å². The Kier molecular flexibility index (Phi) is 4.54. The van der Waals surface area contributed by atoms with Gasteiger partial charge in [-0.1, -0.05) is 36.4 Å². The van der Waals surface area contributed by atoms with Gasteiger partial charge in [-0.3, -0.25) is 4.57 Å². The van der Waals surface area contributed by atoms with Crippen LogP contribution in [0.1, 0.15) is 0 Å². The minimum atomic E-state index is -2.86. The molecule has 100 valence electrons. The summed E-state index contributed by atoms with van der Waals surface area (Å²) in [7, 11) is -1.07. The van der Waals surface area contributed by atoms with Crippen molar-refractivity contribution in [3.05, 3.63) is 60.7 Å². The molecule has 0 amide bonds.